The second kappa shape index (κ2) is 8.36. The molecule has 30 heavy (non-hydrogen) atoms. The summed E-state index contributed by atoms with van der Waals surface area (Å²) in [6, 6.07) is 9.99. The first kappa shape index (κ1) is 19.6. The standard InChI is InChI=1S/C22H25N7O/c1-15-26-20(13-21(27-15)29-11-10-23-16(29)2)24-8-9-25-22(30)12-17-14-28(3)19-7-5-4-6-18(17)19/h4-7,10-11,13-14H,8-9,12H2,1-3H3,(H,25,30)(H,24,26,27). The van der Waals surface area contributed by atoms with Crippen LogP contribution in [-0.2, 0) is 18.3 Å². The minimum Gasteiger partial charge on any atom is -0.368 e. The molecular weight excluding hydrogens is 378 g/mol. The lowest BCUT2D eigenvalue weighted by Gasteiger charge is -2.10. The SMILES string of the molecule is Cc1nc(NCCNC(=O)Cc2cn(C)c3ccccc23)cc(-n2ccnc2C)n1. The Hall–Kier alpha value is -3.68. The molecule has 1 aromatic carbocycles. The first-order valence-corrected chi connectivity index (χ1v) is 9.91. The zero-order valence-corrected chi connectivity index (χ0v) is 17.4. The quantitative estimate of drug-likeness (QED) is 0.463. The van der Waals surface area contributed by atoms with Crippen molar-refractivity contribution >= 4 is 22.6 Å². The second-order valence-corrected chi connectivity index (χ2v) is 7.24. The number of benzene rings is 1. The fourth-order valence-corrected chi connectivity index (χ4v) is 3.58. The minimum absolute atomic E-state index is 0.00162. The van der Waals surface area contributed by atoms with Crippen LogP contribution in [0, 0.1) is 13.8 Å². The van der Waals surface area contributed by atoms with Crippen molar-refractivity contribution in [2.75, 3.05) is 18.4 Å². The Labute approximate surface area is 175 Å². The lowest BCUT2D eigenvalue weighted by Crippen LogP contribution is -2.30. The minimum atomic E-state index is 0.00162. The van der Waals surface area contributed by atoms with E-state index < -0.39 is 0 Å². The molecule has 4 aromatic rings. The van der Waals surface area contributed by atoms with Crippen molar-refractivity contribution in [3.63, 3.8) is 0 Å². The first-order chi connectivity index (χ1) is 14.5. The van der Waals surface area contributed by atoms with Crippen molar-refractivity contribution in [1.82, 2.24) is 29.4 Å². The number of aryl methyl sites for hydroxylation is 3. The summed E-state index contributed by atoms with van der Waals surface area (Å²) in [6.45, 7) is 4.86. The topological polar surface area (TPSA) is 89.7 Å². The van der Waals surface area contributed by atoms with Gasteiger partial charge in [-0.1, -0.05) is 18.2 Å². The predicted molar refractivity (Wildman–Crippen MR) is 117 cm³/mol. The Morgan fingerprint density at radius 3 is 2.77 bits per heavy atom. The van der Waals surface area contributed by atoms with E-state index in [1.807, 2.05) is 56.1 Å². The summed E-state index contributed by atoms with van der Waals surface area (Å²) < 4.78 is 3.96. The largest absolute Gasteiger partial charge is 0.368 e. The number of carbonyl (C=O) groups excluding carboxylic acids is 1. The van der Waals surface area contributed by atoms with Crippen molar-refractivity contribution in [2.45, 2.75) is 20.3 Å². The van der Waals surface area contributed by atoms with Crippen molar-refractivity contribution in [1.29, 1.82) is 0 Å². The Bertz CT molecular complexity index is 1190. The number of nitrogens with zero attached hydrogens (tertiary/aromatic N) is 5. The highest BCUT2D eigenvalue weighted by Crippen LogP contribution is 2.20. The number of carbonyl (C=O) groups is 1. The second-order valence-electron chi connectivity index (χ2n) is 7.24. The van der Waals surface area contributed by atoms with E-state index in [4.69, 9.17) is 0 Å². The fourth-order valence-electron chi connectivity index (χ4n) is 3.58. The van der Waals surface area contributed by atoms with Gasteiger partial charge in [0.25, 0.3) is 0 Å². The number of fused-ring (bicyclic) bond motifs is 1. The van der Waals surface area contributed by atoms with E-state index in [-0.39, 0.29) is 5.91 Å². The van der Waals surface area contributed by atoms with Gasteiger partial charge in [0.1, 0.15) is 23.3 Å². The van der Waals surface area contributed by atoms with Crippen molar-refractivity contribution in [2.24, 2.45) is 7.05 Å². The third-order valence-corrected chi connectivity index (χ3v) is 4.98. The maximum absolute atomic E-state index is 12.4. The molecule has 0 aliphatic heterocycles. The van der Waals surface area contributed by atoms with Crippen LogP contribution in [0.15, 0.2) is 48.9 Å². The zero-order chi connectivity index (χ0) is 21.1. The third kappa shape index (κ3) is 4.17. The van der Waals surface area contributed by atoms with E-state index in [9.17, 15) is 4.79 Å². The Balaban J connectivity index is 1.32. The monoisotopic (exact) mass is 403 g/mol. The van der Waals surface area contributed by atoms with Crippen LogP contribution in [0.3, 0.4) is 0 Å². The number of hydrogen-bond acceptors (Lipinski definition) is 5. The summed E-state index contributed by atoms with van der Waals surface area (Å²) >= 11 is 0. The van der Waals surface area contributed by atoms with Gasteiger partial charge in [0.2, 0.25) is 5.91 Å². The molecule has 0 bridgehead atoms. The van der Waals surface area contributed by atoms with Crippen molar-refractivity contribution < 1.29 is 4.79 Å². The van der Waals surface area contributed by atoms with E-state index >= 15 is 0 Å². The van der Waals surface area contributed by atoms with E-state index in [2.05, 4.69) is 42.3 Å². The molecule has 0 unspecified atom stereocenters. The van der Waals surface area contributed by atoms with Crippen molar-refractivity contribution in [3.05, 3.63) is 66.1 Å². The van der Waals surface area contributed by atoms with E-state index in [0.29, 0.717) is 31.2 Å². The molecule has 0 atom stereocenters. The van der Waals surface area contributed by atoms with E-state index in [1.54, 1.807) is 6.20 Å². The van der Waals surface area contributed by atoms with Gasteiger partial charge in [-0.2, -0.15) is 0 Å². The van der Waals surface area contributed by atoms with Gasteiger partial charge in [-0.05, 0) is 25.5 Å². The van der Waals surface area contributed by atoms with Crippen molar-refractivity contribution in [3.8, 4) is 5.82 Å². The van der Waals surface area contributed by atoms with Gasteiger partial charge in [0, 0.05) is 55.7 Å². The van der Waals surface area contributed by atoms with Gasteiger partial charge in [0.05, 0.1) is 6.42 Å². The van der Waals surface area contributed by atoms with Gasteiger partial charge in [-0.3, -0.25) is 9.36 Å². The van der Waals surface area contributed by atoms with Crippen LogP contribution in [0.1, 0.15) is 17.2 Å². The van der Waals surface area contributed by atoms with Crippen LogP contribution in [0.25, 0.3) is 16.7 Å². The highest BCUT2D eigenvalue weighted by Gasteiger charge is 2.10. The maximum atomic E-state index is 12.4. The Kier molecular flexibility index (Phi) is 5.47. The van der Waals surface area contributed by atoms with Crippen LogP contribution < -0.4 is 10.6 Å². The van der Waals surface area contributed by atoms with E-state index in [0.717, 1.165) is 28.1 Å². The molecule has 154 valence electrons. The number of rotatable bonds is 7. The number of hydrogen-bond donors (Lipinski definition) is 2. The summed E-state index contributed by atoms with van der Waals surface area (Å²) in [5.74, 6) is 3.01. The number of amides is 1. The van der Waals surface area contributed by atoms with Crippen LogP contribution in [-0.4, -0.2) is 43.1 Å². The molecule has 0 aliphatic carbocycles. The molecule has 0 radical (unpaired) electrons. The average molecular weight is 403 g/mol. The normalized spacial score (nSPS) is 11.0. The number of nitrogens with one attached hydrogen (secondary N) is 2. The maximum Gasteiger partial charge on any atom is 0.224 e. The molecule has 0 spiro atoms. The Morgan fingerprint density at radius 1 is 1.13 bits per heavy atom. The lowest BCUT2D eigenvalue weighted by atomic mass is 10.1. The molecule has 3 heterocycles. The fraction of sp³-hybridized carbons (Fsp3) is 0.273. The first-order valence-electron chi connectivity index (χ1n) is 9.91. The van der Waals surface area contributed by atoms with Crippen LogP contribution in [0.2, 0.25) is 0 Å². The third-order valence-electron chi connectivity index (χ3n) is 4.98. The Morgan fingerprint density at radius 2 is 1.97 bits per heavy atom. The highest BCUT2D eigenvalue weighted by molar-refractivity contribution is 5.89. The molecule has 8 heteroatoms. The van der Waals surface area contributed by atoms with Crippen LogP contribution in [0.5, 0.6) is 0 Å². The number of imidazole rings is 1. The van der Waals surface area contributed by atoms with Gasteiger partial charge < -0.3 is 15.2 Å². The molecule has 0 aliphatic rings. The molecule has 4 rings (SSSR count). The average Bonchev–Trinajstić information content (AvgIpc) is 3.29. The van der Waals surface area contributed by atoms with Crippen LogP contribution >= 0.6 is 0 Å². The summed E-state index contributed by atoms with van der Waals surface area (Å²) in [4.78, 5) is 25.5. The lowest BCUT2D eigenvalue weighted by molar-refractivity contribution is -0.120. The van der Waals surface area contributed by atoms with Crippen LogP contribution in [0.4, 0.5) is 5.82 Å². The summed E-state index contributed by atoms with van der Waals surface area (Å²) in [5.41, 5.74) is 2.16. The molecule has 0 saturated heterocycles. The number of aromatic nitrogens is 5. The summed E-state index contributed by atoms with van der Waals surface area (Å²) in [7, 11) is 2.00. The van der Waals surface area contributed by atoms with Gasteiger partial charge in [-0.15, -0.1) is 0 Å². The molecule has 3 aromatic heterocycles. The number of anilines is 1. The van der Waals surface area contributed by atoms with E-state index in [1.165, 1.54) is 0 Å². The smallest absolute Gasteiger partial charge is 0.224 e. The molecular formula is C22H25N7O. The zero-order valence-electron chi connectivity index (χ0n) is 17.4. The number of para-hydroxylation sites is 1. The summed E-state index contributed by atoms with van der Waals surface area (Å²) in [5, 5.41) is 7.35. The van der Waals surface area contributed by atoms with Gasteiger partial charge >= 0.3 is 0 Å². The predicted octanol–water partition coefficient (Wildman–Crippen LogP) is 2.54. The molecule has 0 saturated carbocycles. The van der Waals surface area contributed by atoms with Gasteiger partial charge in [0.15, 0.2) is 0 Å². The summed E-state index contributed by atoms with van der Waals surface area (Å²) in [6.07, 6.45) is 5.99. The molecule has 1 amide bonds. The highest BCUT2D eigenvalue weighted by atomic mass is 16.1. The van der Waals surface area contributed by atoms with Gasteiger partial charge in [-0.25, -0.2) is 15.0 Å². The molecule has 2 N–H and O–H groups in total. The molecule has 0 fully saturated rings. The molecule has 8 nitrogen and oxygen atoms in total.